The maximum Gasteiger partial charge on any atom is 0.0394 e. The minimum atomic E-state index is 0.540. The minimum absolute atomic E-state index is 0.540. The molecule has 27 heavy (non-hydrogen) atoms. The quantitative estimate of drug-likeness (QED) is 0.730. The number of hydrogen-bond acceptors (Lipinski definition) is 2. The number of nitrogens with zero attached hydrogens (tertiary/aromatic N) is 2. The first-order valence-corrected chi connectivity index (χ1v) is 9.86. The summed E-state index contributed by atoms with van der Waals surface area (Å²) in [5.41, 5.74) is 6.60. The predicted molar refractivity (Wildman–Crippen MR) is 113 cm³/mol. The first kappa shape index (κ1) is 17.8. The van der Waals surface area contributed by atoms with Crippen molar-refractivity contribution >= 4 is 0 Å². The highest BCUT2D eigenvalue weighted by molar-refractivity contribution is 5.42. The molecule has 2 aromatic carbocycles. The third-order valence-electron chi connectivity index (χ3n) is 5.69. The molecule has 4 rings (SSSR count). The highest BCUT2D eigenvalue weighted by atomic mass is 15.3. The summed E-state index contributed by atoms with van der Waals surface area (Å²) in [6.45, 7) is 9.39. The van der Waals surface area contributed by atoms with Gasteiger partial charge in [0.15, 0.2) is 0 Å². The van der Waals surface area contributed by atoms with Crippen LogP contribution in [0.1, 0.15) is 24.5 Å². The standard InChI is InChI=1S/C25H28N2/c1-20-15-25-19-27(17-23-11-7-4-8-12-23)24(18-26(25)16-21(20)2)14-13-22-9-5-3-6-10-22/h3-12,15-16,24H,1,13-14,17-19H2,2H3. The molecule has 2 heterocycles. The van der Waals surface area contributed by atoms with Crippen LogP contribution in [-0.4, -0.2) is 28.9 Å². The van der Waals surface area contributed by atoms with E-state index in [1.165, 1.54) is 28.8 Å². The van der Waals surface area contributed by atoms with E-state index in [2.05, 4.69) is 96.2 Å². The monoisotopic (exact) mass is 356 g/mol. The van der Waals surface area contributed by atoms with Crippen molar-refractivity contribution in [3.63, 3.8) is 0 Å². The van der Waals surface area contributed by atoms with E-state index in [-0.39, 0.29) is 0 Å². The molecule has 0 saturated carbocycles. The fourth-order valence-electron chi connectivity index (χ4n) is 4.04. The van der Waals surface area contributed by atoms with Crippen molar-refractivity contribution in [2.75, 3.05) is 13.1 Å². The zero-order valence-corrected chi connectivity index (χ0v) is 16.1. The molecule has 0 aliphatic carbocycles. The average Bonchev–Trinajstić information content (AvgIpc) is 2.69. The molecular formula is C25H28N2. The van der Waals surface area contributed by atoms with Gasteiger partial charge in [-0.3, -0.25) is 4.90 Å². The highest BCUT2D eigenvalue weighted by Crippen LogP contribution is 2.29. The van der Waals surface area contributed by atoms with Gasteiger partial charge in [0.05, 0.1) is 0 Å². The summed E-state index contributed by atoms with van der Waals surface area (Å²) in [4.78, 5) is 5.09. The lowest BCUT2D eigenvalue weighted by Crippen LogP contribution is -2.50. The molecule has 1 unspecified atom stereocenters. The fraction of sp³-hybridized carbons (Fsp3) is 0.280. The van der Waals surface area contributed by atoms with Crippen LogP contribution >= 0.6 is 0 Å². The van der Waals surface area contributed by atoms with E-state index in [1.807, 2.05) is 0 Å². The SMILES string of the molecule is C=C1C=C2CN(Cc3ccccc3)C(CCc3ccccc3)CN2C=C1C. The molecule has 2 nitrogen and oxygen atoms in total. The van der Waals surface area contributed by atoms with Crippen molar-refractivity contribution in [2.45, 2.75) is 32.4 Å². The number of benzene rings is 2. The second kappa shape index (κ2) is 7.98. The van der Waals surface area contributed by atoms with Crippen LogP contribution in [0.5, 0.6) is 0 Å². The number of allylic oxidation sites excluding steroid dienone is 3. The number of fused-ring (bicyclic) bond motifs is 1. The van der Waals surface area contributed by atoms with E-state index in [0.717, 1.165) is 31.6 Å². The van der Waals surface area contributed by atoms with Crippen molar-refractivity contribution in [2.24, 2.45) is 0 Å². The van der Waals surface area contributed by atoms with Crippen molar-refractivity contribution in [3.8, 4) is 0 Å². The van der Waals surface area contributed by atoms with E-state index in [0.29, 0.717) is 6.04 Å². The Morgan fingerprint density at radius 3 is 2.33 bits per heavy atom. The molecule has 1 fully saturated rings. The van der Waals surface area contributed by atoms with Gasteiger partial charge in [-0.05, 0) is 48.1 Å². The van der Waals surface area contributed by atoms with Crippen molar-refractivity contribution < 1.29 is 0 Å². The molecule has 138 valence electrons. The van der Waals surface area contributed by atoms with Crippen LogP contribution in [0, 0.1) is 0 Å². The summed E-state index contributed by atoms with van der Waals surface area (Å²) in [6, 6.07) is 22.2. The summed E-state index contributed by atoms with van der Waals surface area (Å²) in [7, 11) is 0. The van der Waals surface area contributed by atoms with Crippen LogP contribution in [-0.2, 0) is 13.0 Å². The molecule has 2 aromatic rings. The summed E-state index contributed by atoms with van der Waals surface area (Å²) in [6.07, 6.45) is 6.85. The van der Waals surface area contributed by atoms with Crippen LogP contribution in [0.3, 0.4) is 0 Å². The Bertz CT molecular complexity index is 848. The van der Waals surface area contributed by atoms with E-state index < -0.39 is 0 Å². The van der Waals surface area contributed by atoms with Gasteiger partial charge in [-0.1, -0.05) is 67.2 Å². The van der Waals surface area contributed by atoms with Gasteiger partial charge in [-0.25, -0.2) is 0 Å². The first-order chi connectivity index (χ1) is 13.2. The summed E-state index contributed by atoms with van der Waals surface area (Å²) in [5, 5.41) is 0. The van der Waals surface area contributed by atoms with Crippen molar-refractivity contribution in [3.05, 3.63) is 107 Å². The second-order valence-corrected chi connectivity index (χ2v) is 7.69. The Morgan fingerprint density at radius 2 is 1.63 bits per heavy atom. The Kier molecular flexibility index (Phi) is 5.26. The molecule has 1 saturated heterocycles. The first-order valence-electron chi connectivity index (χ1n) is 9.86. The van der Waals surface area contributed by atoms with Crippen LogP contribution in [0.25, 0.3) is 0 Å². The van der Waals surface area contributed by atoms with Gasteiger partial charge in [-0.15, -0.1) is 0 Å². The number of hydrogen-bond donors (Lipinski definition) is 0. The zero-order chi connectivity index (χ0) is 18.6. The fourth-order valence-corrected chi connectivity index (χ4v) is 4.04. The maximum absolute atomic E-state index is 4.20. The summed E-state index contributed by atoms with van der Waals surface area (Å²) < 4.78 is 0. The molecule has 0 aromatic heterocycles. The van der Waals surface area contributed by atoms with Gasteiger partial charge < -0.3 is 4.90 Å². The van der Waals surface area contributed by atoms with Gasteiger partial charge in [0.1, 0.15) is 0 Å². The van der Waals surface area contributed by atoms with Crippen molar-refractivity contribution in [1.82, 2.24) is 9.80 Å². The lowest BCUT2D eigenvalue weighted by Gasteiger charge is -2.44. The van der Waals surface area contributed by atoms with Gasteiger partial charge in [0, 0.05) is 37.6 Å². The Labute approximate surface area is 163 Å². The molecule has 0 bridgehead atoms. The molecule has 2 heteroatoms. The Balaban J connectivity index is 1.53. The normalized spacial score (nSPS) is 20.1. The largest absolute Gasteiger partial charge is 0.348 e. The average molecular weight is 357 g/mol. The highest BCUT2D eigenvalue weighted by Gasteiger charge is 2.30. The van der Waals surface area contributed by atoms with Crippen LogP contribution in [0.2, 0.25) is 0 Å². The molecular weight excluding hydrogens is 328 g/mol. The number of piperazine rings is 1. The summed E-state index contributed by atoms with van der Waals surface area (Å²) >= 11 is 0. The second-order valence-electron chi connectivity index (χ2n) is 7.69. The Morgan fingerprint density at radius 1 is 0.963 bits per heavy atom. The molecule has 1 atom stereocenters. The predicted octanol–water partition coefficient (Wildman–Crippen LogP) is 5.16. The third-order valence-corrected chi connectivity index (χ3v) is 5.69. The van der Waals surface area contributed by atoms with Crippen LogP contribution in [0.15, 0.2) is 96.4 Å². The number of aryl methyl sites for hydroxylation is 1. The Hall–Kier alpha value is -2.58. The zero-order valence-electron chi connectivity index (χ0n) is 16.1. The third kappa shape index (κ3) is 4.23. The van der Waals surface area contributed by atoms with Gasteiger partial charge >= 0.3 is 0 Å². The van der Waals surface area contributed by atoms with E-state index >= 15 is 0 Å². The van der Waals surface area contributed by atoms with Crippen molar-refractivity contribution in [1.29, 1.82) is 0 Å². The van der Waals surface area contributed by atoms with E-state index in [1.54, 1.807) is 0 Å². The van der Waals surface area contributed by atoms with Gasteiger partial charge in [0.25, 0.3) is 0 Å². The molecule has 2 aliphatic heterocycles. The van der Waals surface area contributed by atoms with Gasteiger partial charge in [0.2, 0.25) is 0 Å². The molecule has 0 spiro atoms. The van der Waals surface area contributed by atoms with Gasteiger partial charge in [-0.2, -0.15) is 0 Å². The maximum atomic E-state index is 4.20. The molecule has 0 N–H and O–H groups in total. The lowest BCUT2D eigenvalue weighted by atomic mass is 9.97. The topological polar surface area (TPSA) is 6.48 Å². The van der Waals surface area contributed by atoms with E-state index in [9.17, 15) is 0 Å². The van der Waals surface area contributed by atoms with Crippen LogP contribution < -0.4 is 0 Å². The number of rotatable bonds is 5. The minimum Gasteiger partial charge on any atom is -0.348 e. The van der Waals surface area contributed by atoms with Crippen LogP contribution in [0.4, 0.5) is 0 Å². The molecule has 0 radical (unpaired) electrons. The lowest BCUT2D eigenvalue weighted by molar-refractivity contribution is 0.118. The molecule has 2 aliphatic rings. The summed E-state index contributed by atoms with van der Waals surface area (Å²) in [5.74, 6) is 0. The smallest absolute Gasteiger partial charge is 0.0394 e. The molecule has 0 amide bonds. The van der Waals surface area contributed by atoms with E-state index in [4.69, 9.17) is 0 Å².